The van der Waals surface area contributed by atoms with Crippen molar-refractivity contribution >= 4 is 0 Å². The highest BCUT2D eigenvalue weighted by Crippen LogP contribution is 2.37. The zero-order valence-corrected chi connectivity index (χ0v) is 7.94. The quantitative estimate of drug-likeness (QED) is 0.694. The molecule has 2 fully saturated rings. The molecule has 0 amide bonds. The van der Waals surface area contributed by atoms with Crippen LogP contribution in [0.1, 0.15) is 39.0 Å². The molecule has 0 bridgehead atoms. The SMILES string of the molecule is CCCCC1CNC2(CC2)CO1. The first kappa shape index (κ1) is 8.52. The van der Waals surface area contributed by atoms with Gasteiger partial charge in [-0.3, -0.25) is 0 Å². The molecule has 2 rings (SSSR count). The first-order valence-corrected chi connectivity index (χ1v) is 5.21. The second-order valence-electron chi connectivity index (χ2n) is 4.24. The van der Waals surface area contributed by atoms with Crippen LogP contribution in [-0.4, -0.2) is 24.8 Å². The van der Waals surface area contributed by atoms with Crippen molar-refractivity contribution in [2.75, 3.05) is 13.2 Å². The molecule has 1 saturated heterocycles. The zero-order valence-electron chi connectivity index (χ0n) is 7.94. The first-order valence-electron chi connectivity index (χ1n) is 5.21. The molecule has 0 radical (unpaired) electrons. The van der Waals surface area contributed by atoms with Crippen molar-refractivity contribution in [1.29, 1.82) is 0 Å². The predicted molar refractivity (Wildman–Crippen MR) is 49.2 cm³/mol. The Kier molecular flexibility index (Phi) is 2.37. The minimum Gasteiger partial charge on any atom is -0.375 e. The van der Waals surface area contributed by atoms with Crippen molar-refractivity contribution in [3.63, 3.8) is 0 Å². The molecule has 2 aliphatic rings. The Morgan fingerprint density at radius 2 is 2.33 bits per heavy atom. The van der Waals surface area contributed by atoms with Crippen LogP contribution in [0, 0.1) is 0 Å². The molecule has 0 aromatic rings. The molecule has 0 aromatic carbocycles. The van der Waals surface area contributed by atoms with E-state index >= 15 is 0 Å². The topological polar surface area (TPSA) is 21.3 Å². The second-order valence-corrected chi connectivity index (χ2v) is 4.24. The summed E-state index contributed by atoms with van der Waals surface area (Å²) in [4.78, 5) is 0. The molecular formula is C10H19NO. The third-order valence-electron chi connectivity index (χ3n) is 3.03. The van der Waals surface area contributed by atoms with E-state index in [-0.39, 0.29) is 0 Å². The summed E-state index contributed by atoms with van der Waals surface area (Å²) in [5.74, 6) is 0. The van der Waals surface area contributed by atoms with E-state index in [0.717, 1.165) is 13.2 Å². The summed E-state index contributed by atoms with van der Waals surface area (Å²) in [6.45, 7) is 4.28. The van der Waals surface area contributed by atoms with Crippen LogP contribution in [0.15, 0.2) is 0 Å². The van der Waals surface area contributed by atoms with Crippen LogP contribution in [0.2, 0.25) is 0 Å². The van der Waals surface area contributed by atoms with Gasteiger partial charge in [-0.1, -0.05) is 19.8 Å². The number of hydrogen-bond donors (Lipinski definition) is 1. The molecule has 1 saturated carbocycles. The first-order chi connectivity index (χ1) is 5.85. The van der Waals surface area contributed by atoms with Gasteiger partial charge in [0.1, 0.15) is 0 Å². The molecule has 1 N–H and O–H groups in total. The molecule has 1 aliphatic heterocycles. The van der Waals surface area contributed by atoms with Gasteiger partial charge in [-0.05, 0) is 19.3 Å². The Morgan fingerprint density at radius 1 is 1.50 bits per heavy atom. The predicted octanol–water partition coefficient (Wildman–Crippen LogP) is 1.70. The van der Waals surface area contributed by atoms with Gasteiger partial charge in [-0.25, -0.2) is 0 Å². The smallest absolute Gasteiger partial charge is 0.0700 e. The van der Waals surface area contributed by atoms with Crippen molar-refractivity contribution in [1.82, 2.24) is 5.32 Å². The molecular weight excluding hydrogens is 150 g/mol. The largest absolute Gasteiger partial charge is 0.375 e. The number of nitrogens with one attached hydrogen (secondary N) is 1. The van der Waals surface area contributed by atoms with Crippen molar-refractivity contribution in [2.45, 2.75) is 50.7 Å². The number of rotatable bonds is 3. The molecule has 2 heteroatoms. The van der Waals surface area contributed by atoms with E-state index in [1.54, 1.807) is 0 Å². The molecule has 1 unspecified atom stereocenters. The van der Waals surface area contributed by atoms with E-state index in [2.05, 4.69) is 12.2 Å². The lowest BCUT2D eigenvalue weighted by Gasteiger charge is -2.30. The van der Waals surface area contributed by atoms with E-state index in [9.17, 15) is 0 Å². The van der Waals surface area contributed by atoms with Gasteiger partial charge in [0.15, 0.2) is 0 Å². The molecule has 1 spiro atoms. The lowest BCUT2D eigenvalue weighted by atomic mass is 10.1. The normalized spacial score (nSPS) is 32.2. The van der Waals surface area contributed by atoms with Crippen molar-refractivity contribution in [3.8, 4) is 0 Å². The number of unbranched alkanes of at least 4 members (excludes halogenated alkanes) is 1. The van der Waals surface area contributed by atoms with E-state index in [1.165, 1.54) is 32.1 Å². The van der Waals surface area contributed by atoms with Gasteiger partial charge in [-0.2, -0.15) is 0 Å². The Balaban J connectivity index is 1.68. The third kappa shape index (κ3) is 1.80. The molecule has 70 valence electrons. The van der Waals surface area contributed by atoms with E-state index in [0.29, 0.717) is 11.6 Å². The lowest BCUT2D eigenvalue weighted by Crippen LogP contribution is -2.48. The molecule has 2 nitrogen and oxygen atoms in total. The van der Waals surface area contributed by atoms with Gasteiger partial charge in [0, 0.05) is 12.1 Å². The van der Waals surface area contributed by atoms with Gasteiger partial charge in [0.05, 0.1) is 12.7 Å². The summed E-state index contributed by atoms with van der Waals surface area (Å²) in [6, 6.07) is 0. The summed E-state index contributed by atoms with van der Waals surface area (Å²) >= 11 is 0. The Bertz CT molecular complexity index is 144. The van der Waals surface area contributed by atoms with Crippen LogP contribution in [0.3, 0.4) is 0 Å². The van der Waals surface area contributed by atoms with Gasteiger partial charge < -0.3 is 10.1 Å². The van der Waals surface area contributed by atoms with E-state index < -0.39 is 0 Å². The fraction of sp³-hybridized carbons (Fsp3) is 1.00. The van der Waals surface area contributed by atoms with E-state index in [4.69, 9.17) is 4.74 Å². The Labute approximate surface area is 74.7 Å². The highest BCUT2D eigenvalue weighted by molar-refractivity contribution is 5.04. The molecule has 1 aliphatic carbocycles. The maximum Gasteiger partial charge on any atom is 0.0700 e. The maximum atomic E-state index is 5.80. The van der Waals surface area contributed by atoms with Crippen LogP contribution in [-0.2, 0) is 4.74 Å². The average molecular weight is 169 g/mol. The van der Waals surface area contributed by atoms with Crippen LogP contribution >= 0.6 is 0 Å². The molecule has 0 aromatic heterocycles. The highest BCUT2D eigenvalue weighted by Gasteiger charge is 2.45. The average Bonchev–Trinajstić information content (AvgIpc) is 2.85. The van der Waals surface area contributed by atoms with Crippen molar-refractivity contribution < 1.29 is 4.74 Å². The van der Waals surface area contributed by atoms with Crippen LogP contribution in [0.5, 0.6) is 0 Å². The van der Waals surface area contributed by atoms with Gasteiger partial charge in [0.25, 0.3) is 0 Å². The van der Waals surface area contributed by atoms with Gasteiger partial charge >= 0.3 is 0 Å². The summed E-state index contributed by atoms with van der Waals surface area (Å²) in [7, 11) is 0. The number of morpholine rings is 1. The van der Waals surface area contributed by atoms with Crippen LogP contribution < -0.4 is 5.32 Å². The molecule has 1 heterocycles. The summed E-state index contributed by atoms with van der Waals surface area (Å²) < 4.78 is 5.80. The summed E-state index contributed by atoms with van der Waals surface area (Å²) in [5.41, 5.74) is 0.433. The van der Waals surface area contributed by atoms with Crippen molar-refractivity contribution in [2.24, 2.45) is 0 Å². The standard InChI is InChI=1S/C10H19NO/c1-2-3-4-9-7-11-10(5-6-10)8-12-9/h9,11H,2-8H2,1H3. The second kappa shape index (κ2) is 3.35. The van der Waals surface area contributed by atoms with E-state index in [1.807, 2.05) is 0 Å². The zero-order chi connectivity index (χ0) is 8.44. The van der Waals surface area contributed by atoms with Crippen LogP contribution in [0.25, 0.3) is 0 Å². The number of hydrogen-bond acceptors (Lipinski definition) is 2. The fourth-order valence-electron chi connectivity index (χ4n) is 1.81. The molecule has 1 atom stereocenters. The van der Waals surface area contributed by atoms with Crippen LogP contribution in [0.4, 0.5) is 0 Å². The molecule has 12 heavy (non-hydrogen) atoms. The van der Waals surface area contributed by atoms with Crippen molar-refractivity contribution in [3.05, 3.63) is 0 Å². The number of ether oxygens (including phenoxy) is 1. The third-order valence-corrected chi connectivity index (χ3v) is 3.03. The summed E-state index contributed by atoms with van der Waals surface area (Å²) in [5, 5.41) is 3.60. The lowest BCUT2D eigenvalue weighted by molar-refractivity contribution is -0.00812. The maximum absolute atomic E-state index is 5.80. The fourth-order valence-corrected chi connectivity index (χ4v) is 1.81. The van der Waals surface area contributed by atoms with Gasteiger partial charge in [0.2, 0.25) is 0 Å². The minimum atomic E-state index is 0.433. The highest BCUT2D eigenvalue weighted by atomic mass is 16.5. The Morgan fingerprint density at radius 3 is 2.83 bits per heavy atom. The summed E-state index contributed by atoms with van der Waals surface area (Å²) in [6.07, 6.45) is 6.97. The van der Waals surface area contributed by atoms with Gasteiger partial charge in [-0.15, -0.1) is 0 Å². The Hall–Kier alpha value is -0.0800. The minimum absolute atomic E-state index is 0.433. The monoisotopic (exact) mass is 169 g/mol.